The predicted molar refractivity (Wildman–Crippen MR) is 55.7 cm³/mol. The van der Waals surface area contributed by atoms with Crippen molar-refractivity contribution in [1.82, 2.24) is 9.97 Å². The number of aliphatic hydroxyl groups is 1. The summed E-state index contributed by atoms with van der Waals surface area (Å²) in [5, 5.41) is 18.5. The standard InChI is InChI=1S/C11H12N2O2/c14-7-1-2-9-10(5-7)13-11(12-9)6-3-8(15)4-6/h1-2,5-6,8,14-15H,3-4H2,(H,12,13). The Kier molecular flexibility index (Phi) is 1.73. The molecule has 15 heavy (non-hydrogen) atoms. The molecule has 1 saturated carbocycles. The van der Waals surface area contributed by atoms with Crippen LogP contribution in [-0.2, 0) is 0 Å². The molecule has 4 nitrogen and oxygen atoms in total. The zero-order valence-electron chi connectivity index (χ0n) is 8.14. The van der Waals surface area contributed by atoms with Crippen molar-refractivity contribution in [2.45, 2.75) is 24.9 Å². The fourth-order valence-corrected chi connectivity index (χ4v) is 2.02. The van der Waals surface area contributed by atoms with Crippen LogP contribution in [0.3, 0.4) is 0 Å². The first-order valence-corrected chi connectivity index (χ1v) is 5.09. The Balaban J connectivity index is 1.99. The molecule has 1 aromatic heterocycles. The minimum Gasteiger partial charge on any atom is -0.508 e. The molecule has 1 aliphatic carbocycles. The Morgan fingerprint density at radius 1 is 1.33 bits per heavy atom. The summed E-state index contributed by atoms with van der Waals surface area (Å²) < 4.78 is 0. The molecular weight excluding hydrogens is 192 g/mol. The average Bonchev–Trinajstić information content (AvgIpc) is 2.55. The minimum absolute atomic E-state index is 0.170. The molecule has 1 aliphatic rings. The zero-order chi connectivity index (χ0) is 10.4. The number of hydrogen-bond donors (Lipinski definition) is 3. The minimum atomic E-state index is -0.170. The monoisotopic (exact) mass is 204 g/mol. The van der Waals surface area contributed by atoms with Crippen molar-refractivity contribution in [2.75, 3.05) is 0 Å². The molecule has 2 aromatic rings. The highest BCUT2D eigenvalue weighted by Gasteiger charge is 2.30. The molecule has 3 N–H and O–H groups in total. The van der Waals surface area contributed by atoms with Gasteiger partial charge in [-0.2, -0.15) is 0 Å². The number of phenols is 1. The third-order valence-electron chi connectivity index (χ3n) is 2.98. The second-order valence-electron chi connectivity index (χ2n) is 4.15. The van der Waals surface area contributed by atoms with Crippen LogP contribution < -0.4 is 0 Å². The van der Waals surface area contributed by atoms with E-state index >= 15 is 0 Å². The summed E-state index contributed by atoms with van der Waals surface area (Å²) in [4.78, 5) is 7.61. The van der Waals surface area contributed by atoms with Crippen LogP contribution in [0.4, 0.5) is 0 Å². The summed E-state index contributed by atoms with van der Waals surface area (Å²) in [7, 11) is 0. The largest absolute Gasteiger partial charge is 0.508 e. The lowest BCUT2D eigenvalue weighted by molar-refractivity contribution is 0.0720. The summed E-state index contributed by atoms with van der Waals surface area (Å²) in [6.07, 6.45) is 1.40. The van der Waals surface area contributed by atoms with Gasteiger partial charge in [-0.3, -0.25) is 0 Å². The van der Waals surface area contributed by atoms with Gasteiger partial charge in [-0.25, -0.2) is 4.98 Å². The average molecular weight is 204 g/mol. The zero-order valence-corrected chi connectivity index (χ0v) is 8.14. The molecule has 1 fully saturated rings. The van der Waals surface area contributed by atoms with Crippen LogP contribution in [0.2, 0.25) is 0 Å². The second-order valence-corrected chi connectivity index (χ2v) is 4.15. The molecule has 0 unspecified atom stereocenters. The molecule has 4 heteroatoms. The smallest absolute Gasteiger partial charge is 0.117 e. The van der Waals surface area contributed by atoms with E-state index in [0.29, 0.717) is 5.92 Å². The van der Waals surface area contributed by atoms with Crippen molar-refractivity contribution in [3.8, 4) is 5.75 Å². The number of hydrogen-bond acceptors (Lipinski definition) is 3. The Morgan fingerprint density at radius 3 is 2.87 bits per heavy atom. The van der Waals surface area contributed by atoms with Gasteiger partial charge in [0.15, 0.2) is 0 Å². The highest BCUT2D eigenvalue weighted by Crippen LogP contribution is 2.36. The number of nitrogens with one attached hydrogen (secondary N) is 1. The van der Waals surface area contributed by atoms with E-state index in [1.165, 1.54) is 0 Å². The van der Waals surface area contributed by atoms with E-state index in [0.717, 1.165) is 29.7 Å². The third kappa shape index (κ3) is 1.37. The number of phenolic OH excluding ortho intramolecular Hbond substituents is 1. The Hall–Kier alpha value is -1.55. The van der Waals surface area contributed by atoms with Crippen LogP contribution in [0.15, 0.2) is 18.2 Å². The van der Waals surface area contributed by atoms with Crippen LogP contribution >= 0.6 is 0 Å². The number of fused-ring (bicyclic) bond motifs is 1. The van der Waals surface area contributed by atoms with Gasteiger partial charge in [0.2, 0.25) is 0 Å². The van der Waals surface area contributed by atoms with E-state index in [2.05, 4.69) is 9.97 Å². The van der Waals surface area contributed by atoms with Gasteiger partial charge in [-0.1, -0.05) is 0 Å². The van der Waals surface area contributed by atoms with Gasteiger partial charge in [0.05, 0.1) is 17.1 Å². The van der Waals surface area contributed by atoms with E-state index in [1.807, 2.05) is 0 Å². The first-order chi connectivity index (χ1) is 7.22. The molecule has 78 valence electrons. The van der Waals surface area contributed by atoms with Crippen molar-refractivity contribution in [3.63, 3.8) is 0 Å². The number of aliphatic hydroxyl groups excluding tert-OH is 1. The molecule has 1 heterocycles. The number of rotatable bonds is 1. The maximum absolute atomic E-state index is 9.30. The van der Waals surface area contributed by atoms with Crippen LogP contribution in [0.25, 0.3) is 11.0 Å². The topological polar surface area (TPSA) is 69.1 Å². The van der Waals surface area contributed by atoms with Crippen LogP contribution in [-0.4, -0.2) is 26.3 Å². The van der Waals surface area contributed by atoms with Gasteiger partial charge in [0.25, 0.3) is 0 Å². The highest BCUT2D eigenvalue weighted by molar-refractivity contribution is 5.76. The van der Waals surface area contributed by atoms with Gasteiger partial charge in [0, 0.05) is 12.0 Å². The first-order valence-electron chi connectivity index (χ1n) is 5.09. The Bertz CT molecular complexity index is 500. The molecule has 1 aromatic carbocycles. The highest BCUT2D eigenvalue weighted by atomic mass is 16.3. The van der Waals surface area contributed by atoms with Gasteiger partial charge < -0.3 is 15.2 Å². The van der Waals surface area contributed by atoms with Crippen LogP contribution in [0.1, 0.15) is 24.6 Å². The van der Waals surface area contributed by atoms with Gasteiger partial charge in [-0.15, -0.1) is 0 Å². The van der Waals surface area contributed by atoms with Gasteiger partial charge in [-0.05, 0) is 25.0 Å². The SMILES string of the molecule is Oc1ccc2nc(C3CC(O)C3)[nH]c2c1. The lowest BCUT2D eigenvalue weighted by Gasteiger charge is -2.29. The van der Waals surface area contributed by atoms with Crippen LogP contribution in [0.5, 0.6) is 5.75 Å². The summed E-state index contributed by atoms with van der Waals surface area (Å²) in [6.45, 7) is 0. The van der Waals surface area contributed by atoms with Gasteiger partial charge >= 0.3 is 0 Å². The van der Waals surface area contributed by atoms with Gasteiger partial charge in [0.1, 0.15) is 11.6 Å². The number of aromatic nitrogens is 2. The number of H-pyrrole nitrogens is 1. The molecule has 0 spiro atoms. The molecular formula is C11H12N2O2. The summed E-state index contributed by atoms with van der Waals surface area (Å²) in [5.74, 6) is 1.50. The molecule has 0 radical (unpaired) electrons. The van der Waals surface area contributed by atoms with Crippen molar-refractivity contribution in [3.05, 3.63) is 24.0 Å². The molecule has 0 bridgehead atoms. The van der Waals surface area contributed by atoms with Crippen molar-refractivity contribution in [1.29, 1.82) is 0 Å². The molecule has 0 saturated heterocycles. The summed E-state index contributed by atoms with van der Waals surface area (Å²) >= 11 is 0. The molecule has 0 amide bonds. The first kappa shape index (κ1) is 8.73. The fourth-order valence-electron chi connectivity index (χ4n) is 2.02. The van der Waals surface area contributed by atoms with E-state index in [1.54, 1.807) is 18.2 Å². The van der Waals surface area contributed by atoms with Crippen LogP contribution in [0, 0.1) is 0 Å². The predicted octanol–water partition coefficient (Wildman–Crippen LogP) is 1.51. The maximum atomic E-state index is 9.30. The van der Waals surface area contributed by atoms with Crippen molar-refractivity contribution in [2.24, 2.45) is 0 Å². The van der Waals surface area contributed by atoms with E-state index in [9.17, 15) is 10.2 Å². The maximum Gasteiger partial charge on any atom is 0.117 e. The lowest BCUT2D eigenvalue weighted by atomic mass is 9.82. The van der Waals surface area contributed by atoms with E-state index in [-0.39, 0.29) is 11.9 Å². The third-order valence-corrected chi connectivity index (χ3v) is 2.98. The summed E-state index contributed by atoms with van der Waals surface area (Å²) in [6, 6.07) is 5.09. The molecule has 3 rings (SSSR count). The normalized spacial score (nSPS) is 25.4. The molecule has 0 aliphatic heterocycles. The van der Waals surface area contributed by atoms with Crippen molar-refractivity contribution < 1.29 is 10.2 Å². The molecule has 0 atom stereocenters. The fraction of sp³-hybridized carbons (Fsp3) is 0.364. The Labute approximate surface area is 86.6 Å². The van der Waals surface area contributed by atoms with E-state index < -0.39 is 0 Å². The number of imidazole rings is 1. The summed E-state index contributed by atoms with van der Waals surface area (Å²) in [5.41, 5.74) is 1.72. The Morgan fingerprint density at radius 2 is 2.13 bits per heavy atom. The van der Waals surface area contributed by atoms with Crippen molar-refractivity contribution >= 4 is 11.0 Å². The number of aromatic amines is 1. The number of nitrogens with zero attached hydrogens (tertiary/aromatic N) is 1. The quantitative estimate of drug-likeness (QED) is 0.659. The second kappa shape index (κ2) is 2.97. The number of benzene rings is 1. The number of aromatic hydroxyl groups is 1. The lowest BCUT2D eigenvalue weighted by Crippen LogP contribution is -2.27. The van der Waals surface area contributed by atoms with E-state index in [4.69, 9.17) is 0 Å².